The molecule has 3 N–H and O–H groups in total. The number of fused-ring (bicyclic) bond motifs is 1. The molecule has 0 atom stereocenters. The molecule has 0 radical (unpaired) electrons. The SMILES string of the molecule is CNc1nc(-c2ccccc2Cl)nc2cc(NC(=O)c3cc(CNC(=O)C(C)(C)C)ccc3C(F)(F)F)ccc12. The fourth-order valence-electron chi connectivity index (χ4n) is 3.94. The van der Waals surface area contributed by atoms with Crippen LogP contribution in [0.4, 0.5) is 24.7 Å². The maximum Gasteiger partial charge on any atom is 0.417 e. The second-order valence-electron chi connectivity index (χ2n) is 10.1. The highest BCUT2D eigenvalue weighted by Gasteiger charge is 2.35. The van der Waals surface area contributed by atoms with E-state index in [4.69, 9.17) is 11.6 Å². The Morgan fingerprint density at radius 3 is 2.33 bits per heavy atom. The number of anilines is 2. The van der Waals surface area contributed by atoms with Crippen LogP contribution in [0, 0.1) is 5.41 Å². The Balaban J connectivity index is 1.68. The van der Waals surface area contributed by atoms with Crippen molar-refractivity contribution in [3.63, 3.8) is 0 Å². The van der Waals surface area contributed by atoms with Crippen LogP contribution in [0.2, 0.25) is 5.02 Å². The number of benzene rings is 3. The molecule has 2 amide bonds. The quantitative estimate of drug-likeness (QED) is 0.234. The van der Waals surface area contributed by atoms with Gasteiger partial charge >= 0.3 is 6.18 Å². The van der Waals surface area contributed by atoms with Crippen LogP contribution in [0.25, 0.3) is 22.3 Å². The van der Waals surface area contributed by atoms with Gasteiger partial charge in [-0.1, -0.05) is 50.6 Å². The maximum atomic E-state index is 13.8. The summed E-state index contributed by atoms with van der Waals surface area (Å²) in [4.78, 5) is 34.5. The first-order valence-electron chi connectivity index (χ1n) is 12.3. The fraction of sp³-hybridized carbons (Fsp3) is 0.241. The first-order chi connectivity index (χ1) is 18.8. The molecule has 0 saturated heterocycles. The highest BCUT2D eigenvalue weighted by atomic mass is 35.5. The Morgan fingerprint density at radius 1 is 0.950 bits per heavy atom. The van der Waals surface area contributed by atoms with Gasteiger partial charge in [-0.15, -0.1) is 0 Å². The molecule has 4 aromatic rings. The van der Waals surface area contributed by atoms with Crippen LogP contribution in [-0.2, 0) is 17.5 Å². The second kappa shape index (κ2) is 11.1. The number of alkyl halides is 3. The van der Waals surface area contributed by atoms with Crippen LogP contribution < -0.4 is 16.0 Å². The Kier molecular flexibility index (Phi) is 8.02. The molecule has 0 bridgehead atoms. The first kappa shape index (κ1) is 28.8. The van der Waals surface area contributed by atoms with Crippen LogP contribution in [0.15, 0.2) is 60.7 Å². The zero-order chi connectivity index (χ0) is 29.2. The minimum Gasteiger partial charge on any atom is -0.373 e. The van der Waals surface area contributed by atoms with E-state index in [9.17, 15) is 22.8 Å². The number of hydrogen-bond donors (Lipinski definition) is 3. The molecule has 0 aliphatic carbocycles. The van der Waals surface area contributed by atoms with Crippen LogP contribution in [0.1, 0.15) is 42.3 Å². The minimum absolute atomic E-state index is 0.0287. The smallest absolute Gasteiger partial charge is 0.373 e. The molecular weight excluding hydrogens is 543 g/mol. The molecule has 0 saturated carbocycles. The van der Waals surface area contributed by atoms with Gasteiger partial charge in [0.1, 0.15) is 5.82 Å². The summed E-state index contributed by atoms with van der Waals surface area (Å²) in [6, 6.07) is 15.0. The van der Waals surface area contributed by atoms with Crippen molar-refractivity contribution in [2.75, 3.05) is 17.7 Å². The number of aromatic nitrogens is 2. The van der Waals surface area contributed by atoms with E-state index < -0.39 is 28.6 Å². The fourth-order valence-corrected chi connectivity index (χ4v) is 4.16. The number of carbonyl (C=O) groups excluding carboxylic acids is 2. The molecule has 0 fully saturated rings. The van der Waals surface area contributed by atoms with E-state index in [1.54, 1.807) is 70.3 Å². The Labute approximate surface area is 234 Å². The van der Waals surface area contributed by atoms with Gasteiger partial charge in [0, 0.05) is 35.6 Å². The van der Waals surface area contributed by atoms with Crippen molar-refractivity contribution in [2.24, 2.45) is 5.41 Å². The number of nitrogens with one attached hydrogen (secondary N) is 3. The predicted octanol–water partition coefficient (Wildman–Crippen LogP) is 6.93. The van der Waals surface area contributed by atoms with Crippen molar-refractivity contribution < 1.29 is 22.8 Å². The van der Waals surface area contributed by atoms with E-state index in [1.807, 2.05) is 0 Å². The highest BCUT2D eigenvalue weighted by Crippen LogP contribution is 2.34. The molecule has 40 heavy (non-hydrogen) atoms. The number of halogens is 4. The van der Waals surface area contributed by atoms with Crippen molar-refractivity contribution in [3.05, 3.63) is 82.4 Å². The van der Waals surface area contributed by atoms with Gasteiger partial charge in [0.25, 0.3) is 5.91 Å². The molecule has 0 spiro atoms. The van der Waals surface area contributed by atoms with E-state index in [1.165, 1.54) is 6.07 Å². The molecule has 1 aromatic heterocycles. The highest BCUT2D eigenvalue weighted by molar-refractivity contribution is 6.33. The van der Waals surface area contributed by atoms with Crippen LogP contribution >= 0.6 is 11.6 Å². The van der Waals surface area contributed by atoms with Gasteiger partial charge in [0.2, 0.25) is 5.91 Å². The number of rotatable bonds is 6. The Morgan fingerprint density at radius 2 is 1.68 bits per heavy atom. The van der Waals surface area contributed by atoms with Gasteiger partial charge in [0.15, 0.2) is 5.82 Å². The molecular formula is C29H27ClF3N5O2. The third kappa shape index (κ3) is 6.34. The van der Waals surface area contributed by atoms with Crippen molar-refractivity contribution in [3.8, 4) is 11.4 Å². The molecule has 208 valence electrons. The second-order valence-corrected chi connectivity index (χ2v) is 10.5. The Hall–Kier alpha value is -4.18. The summed E-state index contributed by atoms with van der Waals surface area (Å²) >= 11 is 6.33. The lowest BCUT2D eigenvalue weighted by Crippen LogP contribution is -2.34. The average Bonchev–Trinajstić information content (AvgIpc) is 2.89. The molecule has 11 heteroatoms. The summed E-state index contributed by atoms with van der Waals surface area (Å²) in [5.74, 6) is -0.365. The summed E-state index contributed by atoms with van der Waals surface area (Å²) in [5, 5.41) is 9.34. The lowest BCUT2D eigenvalue weighted by atomic mass is 9.95. The summed E-state index contributed by atoms with van der Waals surface area (Å²) in [6.07, 6.45) is -4.76. The largest absolute Gasteiger partial charge is 0.417 e. The monoisotopic (exact) mass is 569 g/mol. The van der Waals surface area contributed by atoms with Gasteiger partial charge in [0.05, 0.1) is 21.7 Å². The number of carbonyl (C=O) groups is 2. The van der Waals surface area contributed by atoms with Gasteiger partial charge in [-0.05, 0) is 48.0 Å². The van der Waals surface area contributed by atoms with Crippen LogP contribution in [0.3, 0.4) is 0 Å². The number of amides is 2. The molecule has 7 nitrogen and oxygen atoms in total. The average molecular weight is 570 g/mol. The normalized spacial score (nSPS) is 11.8. The van der Waals surface area contributed by atoms with Crippen molar-refractivity contribution in [1.82, 2.24) is 15.3 Å². The molecule has 1 heterocycles. The van der Waals surface area contributed by atoms with E-state index in [-0.39, 0.29) is 18.1 Å². The molecule has 0 aliphatic heterocycles. The molecule has 4 rings (SSSR count). The number of hydrogen-bond acceptors (Lipinski definition) is 5. The molecule has 0 unspecified atom stereocenters. The van der Waals surface area contributed by atoms with E-state index in [2.05, 4.69) is 25.9 Å². The summed E-state index contributed by atoms with van der Waals surface area (Å²) in [6.45, 7) is 5.14. The standard InChI is InChI=1S/C29H27ClF3N5O2/c1-28(2,3)27(40)35-15-16-9-12-21(29(31,32)33)20(13-16)26(39)36-17-10-11-19-23(14-17)37-25(38-24(19)34-4)18-7-5-6-8-22(18)30/h5-14H,15H2,1-4H3,(H,35,40)(H,36,39)(H,34,37,38). The van der Waals surface area contributed by atoms with Crippen molar-refractivity contribution in [1.29, 1.82) is 0 Å². The lowest BCUT2D eigenvalue weighted by Gasteiger charge is -2.19. The zero-order valence-corrected chi connectivity index (χ0v) is 23.0. The van der Waals surface area contributed by atoms with Gasteiger partial charge < -0.3 is 16.0 Å². The third-order valence-electron chi connectivity index (χ3n) is 6.07. The topological polar surface area (TPSA) is 96.0 Å². The van der Waals surface area contributed by atoms with Crippen LogP contribution in [-0.4, -0.2) is 28.8 Å². The van der Waals surface area contributed by atoms with Gasteiger partial charge in [-0.2, -0.15) is 13.2 Å². The summed E-state index contributed by atoms with van der Waals surface area (Å²) in [5.41, 5.74) is -0.690. The first-order valence-corrected chi connectivity index (χ1v) is 12.7. The molecule has 0 aliphatic rings. The third-order valence-corrected chi connectivity index (χ3v) is 6.40. The van der Waals surface area contributed by atoms with E-state index in [0.717, 1.165) is 12.1 Å². The summed E-state index contributed by atoms with van der Waals surface area (Å²) in [7, 11) is 1.70. The van der Waals surface area contributed by atoms with Crippen molar-refractivity contribution >= 4 is 45.8 Å². The van der Waals surface area contributed by atoms with Gasteiger partial charge in [-0.25, -0.2) is 9.97 Å². The minimum atomic E-state index is -4.76. The Bertz CT molecular complexity index is 1600. The van der Waals surface area contributed by atoms with E-state index >= 15 is 0 Å². The zero-order valence-electron chi connectivity index (χ0n) is 22.2. The summed E-state index contributed by atoms with van der Waals surface area (Å²) < 4.78 is 41.4. The van der Waals surface area contributed by atoms with E-state index in [0.29, 0.717) is 38.7 Å². The number of nitrogens with zero attached hydrogens (tertiary/aromatic N) is 2. The van der Waals surface area contributed by atoms with Crippen LogP contribution in [0.5, 0.6) is 0 Å². The van der Waals surface area contributed by atoms with Gasteiger partial charge in [-0.3, -0.25) is 9.59 Å². The molecule has 3 aromatic carbocycles. The van der Waals surface area contributed by atoms with Crippen molar-refractivity contribution in [2.45, 2.75) is 33.5 Å². The lowest BCUT2D eigenvalue weighted by molar-refractivity contribution is -0.138. The maximum absolute atomic E-state index is 13.8. The predicted molar refractivity (Wildman–Crippen MR) is 150 cm³/mol.